The van der Waals surface area contributed by atoms with Gasteiger partial charge in [-0.15, -0.1) is 0 Å². The number of fused-ring (bicyclic) bond motifs is 2. The molecule has 1 aromatic carbocycles. The summed E-state index contributed by atoms with van der Waals surface area (Å²) in [5.74, 6) is -0.205. The molecule has 4 heterocycles. The highest BCUT2D eigenvalue weighted by Crippen LogP contribution is 2.39. The summed E-state index contributed by atoms with van der Waals surface area (Å²) in [4.78, 5) is 19.2. The van der Waals surface area contributed by atoms with Gasteiger partial charge in [0.2, 0.25) is 6.41 Å². The van der Waals surface area contributed by atoms with Crippen molar-refractivity contribution in [3.8, 4) is 16.9 Å². The lowest BCUT2D eigenvalue weighted by Crippen LogP contribution is -2.00. The van der Waals surface area contributed by atoms with Crippen LogP contribution < -0.4 is 5.32 Å². The van der Waals surface area contributed by atoms with Crippen molar-refractivity contribution in [3.05, 3.63) is 60.2 Å². The van der Waals surface area contributed by atoms with Crippen LogP contribution in [0.1, 0.15) is 19.3 Å². The van der Waals surface area contributed by atoms with Crippen molar-refractivity contribution in [2.45, 2.75) is 19.3 Å². The number of imidazole rings is 1. The summed E-state index contributed by atoms with van der Waals surface area (Å²) in [5.41, 5.74) is 2.17. The van der Waals surface area contributed by atoms with Gasteiger partial charge in [0.15, 0.2) is 17.3 Å². The minimum absolute atomic E-state index is 0.0594. The number of hydrogen-bond acceptors (Lipinski definition) is 4. The van der Waals surface area contributed by atoms with Crippen LogP contribution in [0.3, 0.4) is 0 Å². The first-order chi connectivity index (χ1) is 15.2. The second-order valence-corrected chi connectivity index (χ2v) is 7.47. The number of nitrogens with one attached hydrogen (secondary N) is 2. The number of halogens is 2. The van der Waals surface area contributed by atoms with Gasteiger partial charge >= 0.3 is 0 Å². The summed E-state index contributed by atoms with van der Waals surface area (Å²) in [5, 5.41) is 9.97. The van der Waals surface area contributed by atoms with E-state index in [0.717, 1.165) is 0 Å². The lowest BCUT2D eigenvalue weighted by atomic mass is 10.1. The summed E-state index contributed by atoms with van der Waals surface area (Å²) in [6.45, 7) is 0. The van der Waals surface area contributed by atoms with Crippen LogP contribution in [0.25, 0.3) is 33.5 Å². The highest BCUT2D eigenvalue weighted by atomic mass is 35.5. The topological polar surface area (TPSA) is 92.9 Å². The maximum absolute atomic E-state index is 15.2. The Hall–Kier alpha value is -3.72. The largest absolute Gasteiger partial charge is 0.319 e. The molecule has 0 saturated heterocycles. The maximum atomic E-state index is 15.2. The van der Waals surface area contributed by atoms with E-state index in [4.69, 9.17) is 11.6 Å². The average molecular weight is 438 g/mol. The predicted octanol–water partition coefficient (Wildman–Crippen LogP) is 4.59. The van der Waals surface area contributed by atoms with E-state index in [1.807, 2.05) is 0 Å². The minimum Gasteiger partial charge on any atom is -0.319 e. The van der Waals surface area contributed by atoms with Crippen molar-refractivity contribution in [2.24, 2.45) is 0 Å². The van der Waals surface area contributed by atoms with E-state index in [2.05, 4.69) is 25.5 Å². The summed E-state index contributed by atoms with van der Waals surface area (Å²) < 4.78 is 18.5. The molecule has 2 N–H and O–H groups in total. The summed E-state index contributed by atoms with van der Waals surface area (Å²) >= 11 is 6.44. The summed E-state index contributed by atoms with van der Waals surface area (Å²) in [6, 6.07) is 3.59. The second-order valence-electron chi connectivity index (χ2n) is 7.09. The zero-order valence-electron chi connectivity index (χ0n) is 16.2. The van der Waals surface area contributed by atoms with Crippen LogP contribution in [-0.2, 0) is 4.79 Å². The number of anilines is 1. The number of benzene rings is 1. The van der Waals surface area contributed by atoms with E-state index >= 15 is 4.39 Å². The molecule has 8 nitrogen and oxygen atoms in total. The SMILES string of the molecule is C1CC1.O=CNc1cn2cc(-c3c(Cl)c(F)c(-n4cccc4)c4[nH]ncc34)ncc2n1. The molecule has 0 bridgehead atoms. The van der Waals surface area contributed by atoms with Gasteiger partial charge < -0.3 is 14.3 Å². The third-order valence-corrected chi connectivity index (χ3v) is 5.14. The molecule has 0 aliphatic heterocycles. The number of aromatic nitrogens is 6. The van der Waals surface area contributed by atoms with Crippen molar-refractivity contribution >= 4 is 40.4 Å². The molecule has 1 amide bonds. The molecule has 1 fully saturated rings. The molecule has 0 spiro atoms. The van der Waals surface area contributed by atoms with Gasteiger partial charge in [0.25, 0.3) is 0 Å². The van der Waals surface area contributed by atoms with Gasteiger partial charge in [0.05, 0.1) is 34.8 Å². The van der Waals surface area contributed by atoms with E-state index in [1.54, 1.807) is 52.1 Å². The monoisotopic (exact) mass is 437 g/mol. The standard InChI is InChI=1S/C18H11ClFN7O.C3H6/c19-15-14(11-7-27-8-12(22-9-28)24-13(27)6-21-11)10-5-23-25-17(10)18(16(15)20)26-3-1-2-4-26;1-2-3-1/h1-9H,(H,22,28)(H,23,25);1-3H2. The normalized spacial score (nSPS) is 12.6. The number of nitrogens with zero attached hydrogens (tertiary/aromatic N) is 5. The lowest BCUT2D eigenvalue weighted by Gasteiger charge is -2.13. The summed E-state index contributed by atoms with van der Waals surface area (Å²) in [6.07, 6.45) is 14.9. The molecule has 5 aromatic rings. The Labute approximate surface area is 180 Å². The third kappa shape index (κ3) is 3.53. The first-order valence-electron chi connectivity index (χ1n) is 9.70. The molecular formula is C21H17ClFN7O. The first-order valence-corrected chi connectivity index (χ1v) is 10.1. The van der Waals surface area contributed by atoms with E-state index < -0.39 is 5.82 Å². The zero-order valence-corrected chi connectivity index (χ0v) is 17.0. The van der Waals surface area contributed by atoms with Gasteiger partial charge in [-0.25, -0.2) is 9.37 Å². The molecule has 0 radical (unpaired) electrons. The quantitative estimate of drug-likeness (QED) is 0.402. The van der Waals surface area contributed by atoms with Crippen molar-refractivity contribution in [1.29, 1.82) is 0 Å². The van der Waals surface area contributed by atoms with Crippen molar-refractivity contribution in [3.63, 3.8) is 0 Å². The van der Waals surface area contributed by atoms with Gasteiger partial charge in [-0.3, -0.25) is 14.9 Å². The fourth-order valence-corrected chi connectivity index (χ4v) is 3.52. The zero-order chi connectivity index (χ0) is 21.4. The number of aromatic amines is 1. The van der Waals surface area contributed by atoms with Gasteiger partial charge in [-0.1, -0.05) is 30.9 Å². The number of carbonyl (C=O) groups excluding carboxylic acids is 1. The van der Waals surface area contributed by atoms with E-state index in [-0.39, 0.29) is 10.7 Å². The van der Waals surface area contributed by atoms with Gasteiger partial charge in [0.1, 0.15) is 5.69 Å². The van der Waals surface area contributed by atoms with E-state index in [0.29, 0.717) is 40.0 Å². The van der Waals surface area contributed by atoms with Gasteiger partial charge in [-0.05, 0) is 12.1 Å². The smallest absolute Gasteiger partial charge is 0.212 e. The number of H-pyrrole nitrogens is 1. The molecule has 6 rings (SSSR count). The average Bonchev–Trinajstić information content (AvgIpc) is 3.24. The Morgan fingerprint density at radius 2 is 1.94 bits per heavy atom. The van der Waals surface area contributed by atoms with E-state index in [9.17, 15) is 4.79 Å². The molecule has 31 heavy (non-hydrogen) atoms. The van der Waals surface area contributed by atoms with Crippen molar-refractivity contribution < 1.29 is 9.18 Å². The van der Waals surface area contributed by atoms with Crippen LogP contribution in [0, 0.1) is 5.82 Å². The van der Waals surface area contributed by atoms with Crippen LogP contribution in [0.2, 0.25) is 5.02 Å². The van der Waals surface area contributed by atoms with E-state index in [1.165, 1.54) is 25.5 Å². The van der Waals surface area contributed by atoms with Crippen LogP contribution >= 0.6 is 11.6 Å². The molecule has 0 unspecified atom stereocenters. The molecule has 0 atom stereocenters. The Morgan fingerprint density at radius 3 is 2.65 bits per heavy atom. The Kier molecular flexibility index (Phi) is 4.87. The number of hydrogen-bond donors (Lipinski definition) is 2. The van der Waals surface area contributed by atoms with Crippen LogP contribution in [-0.4, -0.2) is 35.5 Å². The molecule has 1 saturated carbocycles. The van der Waals surface area contributed by atoms with Crippen molar-refractivity contribution in [1.82, 2.24) is 29.1 Å². The molecule has 10 heteroatoms. The highest BCUT2D eigenvalue weighted by Gasteiger charge is 2.23. The van der Waals surface area contributed by atoms with Crippen LogP contribution in [0.5, 0.6) is 0 Å². The second kappa shape index (κ2) is 7.84. The van der Waals surface area contributed by atoms with Gasteiger partial charge in [-0.2, -0.15) is 5.10 Å². The van der Waals surface area contributed by atoms with Crippen molar-refractivity contribution in [2.75, 3.05) is 5.32 Å². The third-order valence-electron chi connectivity index (χ3n) is 4.79. The van der Waals surface area contributed by atoms with Crippen LogP contribution in [0.15, 0.2) is 49.3 Å². The predicted molar refractivity (Wildman–Crippen MR) is 116 cm³/mol. The molecule has 4 aromatic heterocycles. The highest BCUT2D eigenvalue weighted by molar-refractivity contribution is 6.35. The molecular weight excluding hydrogens is 421 g/mol. The Bertz CT molecular complexity index is 1390. The first kappa shape index (κ1) is 19.3. The molecule has 156 valence electrons. The number of amides is 1. The fraction of sp³-hybridized carbons (Fsp3) is 0.143. The fourth-order valence-electron chi connectivity index (χ4n) is 3.23. The van der Waals surface area contributed by atoms with Gasteiger partial charge in [0, 0.05) is 29.5 Å². The number of carbonyl (C=O) groups is 1. The molecule has 1 aliphatic carbocycles. The van der Waals surface area contributed by atoms with Crippen LogP contribution in [0.4, 0.5) is 10.2 Å². The molecule has 1 aliphatic rings. The number of rotatable bonds is 4. The Morgan fingerprint density at radius 1 is 1.16 bits per heavy atom. The minimum atomic E-state index is -0.583. The summed E-state index contributed by atoms with van der Waals surface area (Å²) in [7, 11) is 0. The maximum Gasteiger partial charge on any atom is 0.212 e. The Balaban J connectivity index is 0.000000628. The lowest BCUT2D eigenvalue weighted by molar-refractivity contribution is -0.105.